The van der Waals surface area contributed by atoms with Crippen LogP contribution in [0.1, 0.15) is 45.3 Å². The van der Waals surface area contributed by atoms with E-state index in [1.165, 1.54) is 5.69 Å². The summed E-state index contributed by atoms with van der Waals surface area (Å²) in [6.07, 6.45) is 4.17. The van der Waals surface area contributed by atoms with Crippen LogP contribution in [0, 0.1) is 5.92 Å². The van der Waals surface area contributed by atoms with Gasteiger partial charge in [-0.25, -0.2) is 0 Å². The lowest BCUT2D eigenvalue weighted by Gasteiger charge is -2.21. The van der Waals surface area contributed by atoms with Crippen molar-refractivity contribution in [3.05, 3.63) is 16.4 Å². The molecule has 1 aromatic heterocycles. The fourth-order valence-electron chi connectivity index (χ4n) is 1.89. The Morgan fingerprint density at radius 3 is 2.62 bits per heavy atom. The first-order valence-electron chi connectivity index (χ1n) is 5.97. The van der Waals surface area contributed by atoms with Crippen LogP contribution in [0.5, 0.6) is 0 Å². The highest BCUT2D eigenvalue weighted by Gasteiger charge is 2.19. The van der Waals surface area contributed by atoms with Gasteiger partial charge in [0.05, 0.1) is 22.4 Å². The summed E-state index contributed by atoms with van der Waals surface area (Å²) in [4.78, 5) is 0. The number of aromatic nitrogens is 2. The second-order valence-corrected chi connectivity index (χ2v) is 5.49. The van der Waals surface area contributed by atoms with Crippen LogP contribution >= 0.6 is 15.9 Å². The van der Waals surface area contributed by atoms with Crippen LogP contribution < -0.4 is 5.32 Å². The quantitative estimate of drug-likeness (QED) is 0.870. The Balaban J connectivity index is 2.82. The van der Waals surface area contributed by atoms with Crippen LogP contribution in [-0.2, 0) is 7.05 Å². The van der Waals surface area contributed by atoms with E-state index in [-0.39, 0.29) is 0 Å². The molecule has 4 heteroatoms. The SMILES string of the molecule is CCCNC(CC(C)C)c1c(Br)cnn1C. The summed E-state index contributed by atoms with van der Waals surface area (Å²) < 4.78 is 3.06. The van der Waals surface area contributed by atoms with Crippen LogP contribution in [-0.4, -0.2) is 16.3 Å². The van der Waals surface area contributed by atoms with Gasteiger partial charge in [0.1, 0.15) is 0 Å². The Hall–Kier alpha value is -0.350. The average molecular weight is 288 g/mol. The largest absolute Gasteiger partial charge is 0.309 e. The zero-order valence-corrected chi connectivity index (χ0v) is 12.2. The molecule has 0 aromatic carbocycles. The summed E-state index contributed by atoms with van der Waals surface area (Å²) in [6, 6.07) is 0.391. The highest BCUT2D eigenvalue weighted by atomic mass is 79.9. The molecule has 0 aliphatic carbocycles. The van der Waals surface area contributed by atoms with Crippen molar-refractivity contribution < 1.29 is 0 Å². The number of hydrogen-bond donors (Lipinski definition) is 1. The molecular weight excluding hydrogens is 266 g/mol. The Morgan fingerprint density at radius 1 is 1.50 bits per heavy atom. The van der Waals surface area contributed by atoms with Gasteiger partial charge in [-0.1, -0.05) is 20.8 Å². The Bertz CT molecular complexity index is 301. The molecule has 0 bridgehead atoms. The van der Waals surface area contributed by atoms with E-state index in [2.05, 4.69) is 47.1 Å². The number of nitrogens with one attached hydrogen (secondary N) is 1. The topological polar surface area (TPSA) is 29.9 Å². The van der Waals surface area contributed by atoms with Crippen molar-refractivity contribution in [2.24, 2.45) is 13.0 Å². The first kappa shape index (κ1) is 13.7. The molecule has 1 rings (SSSR count). The predicted octanol–water partition coefficient (Wildman–Crippen LogP) is 3.27. The molecule has 0 saturated carbocycles. The van der Waals surface area contributed by atoms with Crippen LogP contribution in [0.2, 0.25) is 0 Å². The molecule has 3 nitrogen and oxygen atoms in total. The van der Waals surface area contributed by atoms with Crippen LogP contribution in [0.3, 0.4) is 0 Å². The van der Waals surface area contributed by atoms with Gasteiger partial charge in [-0.2, -0.15) is 5.10 Å². The fourth-order valence-corrected chi connectivity index (χ4v) is 2.52. The van der Waals surface area contributed by atoms with E-state index < -0.39 is 0 Å². The van der Waals surface area contributed by atoms with Crippen molar-refractivity contribution in [1.29, 1.82) is 0 Å². The summed E-state index contributed by atoms with van der Waals surface area (Å²) >= 11 is 3.58. The van der Waals surface area contributed by atoms with Crippen LogP contribution in [0.4, 0.5) is 0 Å². The van der Waals surface area contributed by atoms with E-state index in [9.17, 15) is 0 Å². The van der Waals surface area contributed by atoms with Gasteiger partial charge in [-0.3, -0.25) is 4.68 Å². The van der Waals surface area contributed by atoms with E-state index >= 15 is 0 Å². The van der Waals surface area contributed by atoms with Gasteiger partial charge in [-0.05, 0) is 41.2 Å². The molecule has 1 heterocycles. The molecule has 0 amide bonds. The number of nitrogens with zero attached hydrogens (tertiary/aromatic N) is 2. The maximum Gasteiger partial charge on any atom is 0.0692 e. The summed E-state index contributed by atoms with van der Waals surface area (Å²) in [5, 5.41) is 7.88. The monoisotopic (exact) mass is 287 g/mol. The van der Waals surface area contributed by atoms with E-state index in [4.69, 9.17) is 0 Å². The van der Waals surface area contributed by atoms with E-state index in [1.807, 2.05) is 17.9 Å². The smallest absolute Gasteiger partial charge is 0.0692 e. The highest BCUT2D eigenvalue weighted by Crippen LogP contribution is 2.27. The average Bonchev–Trinajstić information content (AvgIpc) is 2.53. The second-order valence-electron chi connectivity index (χ2n) is 4.64. The zero-order chi connectivity index (χ0) is 12.1. The van der Waals surface area contributed by atoms with Crippen molar-refractivity contribution in [1.82, 2.24) is 15.1 Å². The number of hydrogen-bond acceptors (Lipinski definition) is 2. The van der Waals surface area contributed by atoms with Gasteiger partial charge in [0, 0.05) is 7.05 Å². The van der Waals surface area contributed by atoms with Crippen LogP contribution in [0.15, 0.2) is 10.7 Å². The molecule has 0 aliphatic rings. The summed E-state index contributed by atoms with van der Waals surface area (Å²) in [5.41, 5.74) is 1.25. The Labute approximate surface area is 107 Å². The van der Waals surface area contributed by atoms with E-state index in [1.54, 1.807) is 0 Å². The number of rotatable bonds is 6. The lowest BCUT2D eigenvalue weighted by molar-refractivity contribution is 0.409. The fraction of sp³-hybridized carbons (Fsp3) is 0.750. The van der Waals surface area contributed by atoms with Crippen molar-refractivity contribution in [2.75, 3.05) is 6.54 Å². The third kappa shape index (κ3) is 3.59. The molecule has 0 aliphatic heterocycles. The third-order valence-electron chi connectivity index (χ3n) is 2.62. The minimum Gasteiger partial charge on any atom is -0.309 e. The van der Waals surface area contributed by atoms with E-state index in [0.29, 0.717) is 12.0 Å². The first-order valence-corrected chi connectivity index (χ1v) is 6.76. The zero-order valence-electron chi connectivity index (χ0n) is 10.6. The van der Waals surface area contributed by atoms with Crippen molar-refractivity contribution in [2.45, 2.75) is 39.7 Å². The minimum absolute atomic E-state index is 0.391. The lowest BCUT2D eigenvalue weighted by Crippen LogP contribution is -2.25. The lowest BCUT2D eigenvalue weighted by atomic mass is 10.0. The van der Waals surface area contributed by atoms with Crippen molar-refractivity contribution >= 4 is 15.9 Å². The molecule has 0 saturated heterocycles. The van der Waals surface area contributed by atoms with Gasteiger partial charge >= 0.3 is 0 Å². The summed E-state index contributed by atoms with van der Waals surface area (Å²) in [5.74, 6) is 0.677. The van der Waals surface area contributed by atoms with Gasteiger partial charge in [-0.15, -0.1) is 0 Å². The molecule has 1 unspecified atom stereocenters. The molecule has 16 heavy (non-hydrogen) atoms. The molecular formula is C12H22BrN3. The predicted molar refractivity (Wildman–Crippen MR) is 71.4 cm³/mol. The first-order chi connectivity index (χ1) is 7.56. The Kier molecular flexibility index (Phi) is 5.49. The maximum absolute atomic E-state index is 4.28. The minimum atomic E-state index is 0.391. The van der Waals surface area contributed by atoms with Gasteiger partial charge in [0.2, 0.25) is 0 Å². The molecule has 1 aromatic rings. The molecule has 1 atom stereocenters. The standard InChI is InChI=1S/C12H22BrN3/c1-5-6-14-11(7-9(2)3)12-10(13)8-15-16(12)4/h8-9,11,14H,5-7H2,1-4H3. The summed E-state index contributed by atoms with van der Waals surface area (Å²) in [6.45, 7) is 7.75. The number of aryl methyl sites for hydroxylation is 1. The number of halogens is 1. The molecule has 0 fully saturated rings. The Morgan fingerprint density at radius 2 is 2.19 bits per heavy atom. The van der Waals surface area contributed by atoms with Gasteiger partial charge in [0.15, 0.2) is 0 Å². The molecule has 92 valence electrons. The van der Waals surface area contributed by atoms with Gasteiger partial charge < -0.3 is 5.32 Å². The molecule has 0 radical (unpaired) electrons. The van der Waals surface area contributed by atoms with Crippen molar-refractivity contribution in [3.8, 4) is 0 Å². The molecule has 1 N–H and O–H groups in total. The highest BCUT2D eigenvalue weighted by molar-refractivity contribution is 9.10. The van der Waals surface area contributed by atoms with Crippen LogP contribution in [0.25, 0.3) is 0 Å². The second kappa shape index (κ2) is 6.40. The maximum atomic E-state index is 4.28. The van der Waals surface area contributed by atoms with E-state index in [0.717, 1.165) is 23.9 Å². The van der Waals surface area contributed by atoms with Gasteiger partial charge in [0.25, 0.3) is 0 Å². The van der Waals surface area contributed by atoms with Crippen molar-refractivity contribution in [3.63, 3.8) is 0 Å². The molecule has 0 spiro atoms. The normalized spacial score (nSPS) is 13.4. The summed E-state index contributed by atoms with van der Waals surface area (Å²) in [7, 11) is 2.00. The third-order valence-corrected chi connectivity index (χ3v) is 3.23.